The summed E-state index contributed by atoms with van der Waals surface area (Å²) in [5.41, 5.74) is 5.22. The van der Waals surface area contributed by atoms with Crippen molar-refractivity contribution < 1.29 is 23.9 Å². The maximum absolute atomic E-state index is 12.7. The number of nitrogens with two attached hydrogens (primary N) is 1. The largest absolute Gasteiger partial charge is 0.480 e. The van der Waals surface area contributed by atoms with E-state index in [1.807, 2.05) is 0 Å². The van der Waals surface area contributed by atoms with Crippen LogP contribution in [0.1, 0.15) is 12.8 Å². The number of carbonyl (C=O) groups excluding carboxylic acids is 2. The molecule has 8 heteroatoms. The van der Waals surface area contributed by atoms with E-state index < -0.39 is 29.8 Å². The normalized spacial score (nSPS) is 11.4. The van der Waals surface area contributed by atoms with E-state index in [0.29, 0.717) is 5.69 Å². The molecule has 0 radical (unpaired) electrons. The Balaban J connectivity index is 2.55. The van der Waals surface area contributed by atoms with Crippen LogP contribution in [0.25, 0.3) is 0 Å². The minimum atomic E-state index is -1.28. The van der Waals surface area contributed by atoms with Crippen LogP contribution in [0.4, 0.5) is 14.9 Å². The fourth-order valence-electron chi connectivity index (χ4n) is 1.40. The number of hydrogen-bond acceptors (Lipinski definition) is 3. The number of halogens is 1. The molecule has 0 aromatic heterocycles. The second-order valence-corrected chi connectivity index (χ2v) is 4.00. The molecule has 20 heavy (non-hydrogen) atoms. The first-order valence-corrected chi connectivity index (χ1v) is 5.72. The van der Waals surface area contributed by atoms with E-state index in [-0.39, 0.29) is 12.8 Å². The first-order chi connectivity index (χ1) is 9.38. The van der Waals surface area contributed by atoms with Crippen LogP contribution >= 0.6 is 0 Å². The van der Waals surface area contributed by atoms with Gasteiger partial charge in [-0.2, -0.15) is 0 Å². The van der Waals surface area contributed by atoms with E-state index in [2.05, 4.69) is 10.6 Å². The van der Waals surface area contributed by atoms with Gasteiger partial charge in [0.15, 0.2) is 0 Å². The van der Waals surface area contributed by atoms with Crippen LogP contribution in [0.15, 0.2) is 24.3 Å². The van der Waals surface area contributed by atoms with Crippen molar-refractivity contribution in [2.45, 2.75) is 18.9 Å². The van der Waals surface area contributed by atoms with E-state index in [1.165, 1.54) is 12.1 Å². The monoisotopic (exact) mass is 283 g/mol. The molecule has 0 aliphatic heterocycles. The Hall–Kier alpha value is -2.64. The topological polar surface area (TPSA) is 122 Å². The molecule has 3 amide bonds. The van der Waals surface area contributed by atoms with Gasteiger partial charge in [0, 0.05) is 12.1 Å². The second kappa shape index (κ2) is 7.07. The number of rotatable bonds is 6. The highest BCUT2D eigenvalue weighted by Gasteiger charge is 2.20. The van der Waals surface area contributed by atoms with Gasteiger partial charge < -0.3 is 21.5 Å². The molecule has 1 aromatic carbocycles. The van der Waals surface area contributed by atoms with Crippen LogP contribution in [-0.2, 0) is 9.59 Å². The first kappa shape index (κ1) is 15.4. The van der Waals surface area contributed by atoms with Gasteiger partial charge in [0.05, 0.1) is 0 Å². The minimum Gasteiger partial charge on any atom is -0.480 e. The number of amides is 3. The second-order valence-electron chi connectivity index (χ2n) is 4.00. The molecule has 0 saturated heterocycles. The number of benzene rings is 1. The number of carboxylic acid groups (broad SMARTS) is 1. The standard InChI is InChI=1S/C12H14FN3O4/c13-7-1-3-8(4-2-7)15-12(20)16-9(11(18)19)5-6-10(14)17/h1-4,9H,5-6H2,(H2,14,17)(H,18,19)(H2,15,16,20). The average molecular weight is 283 g/mol. The van der Waals surface area contributed by atoms with E-state index in [0.717, 1.165) is 12.1 Å². The number of urea groups is 1. The van der Waals surface area contributed by atoms with Crippen molar-refractivity contribution >= 4 is 23.6 Å². The van der Waals surface area contributed by atoms with Crippen molar-refractivity contribution in [3.8, 4) is 0 Å². The van der Waals surface area contributed by atoms with Gasteiger partial charge >= 0.3 is 12.0 Å². The van der Waals surface area contributed by atoms with Gasteiger partial charge in [-0.1, -0.05) is 0 Å². The third-order valence-electron chi connectivity index (χ3n) is 2.38. The predicted octanol–water partition coefficient (Wildman–Crippen LogP) is 0.666. The zero-order chi connectivity index (χ0) is 15.1. The molecule has 0 heterocycles. The van der Waals surface area contributed by atoms with Crippen molar-refractivity contribution in [2.24, 2.45) is 5.73 Å². The smallest absolute Gasteiger partial charge is 0.326 e. The lowest BCUT2D eigenvalue weighted by Gasteiger charge is -2.14. The Kier molecular flexibility index (Phi) is 5.45. The highest BCUT2D eigenvalue weighted by Crippen LogP contribution is 2.08. The van der Waals surface area contributed by atoms with Crippen LogP contribution < -0.4 is 16.4 Å². The number of primary amides is 1. The summed E-state index contributed by atoms with van der Waals surface area (Å²) < 4.78 is 12.7. The summed E-state index contributed by atoms with van der Waals surface area (Å²) in [5, 5.41) is 13.4. The zero-order valence-corrected chi connectivity index (χ0v) is 10.4. The molecule has 0 fully saturated rings. The first-order valence-electron chi connectivity index (χ1n) is 5.72. The molecule has 0 bridgehead atoms. The zero-order valence-electron chi connectivity index (χ0n) is 10.4. The number of carboxylic acids is 1. The Morgan fingerprint density at radius 3 is 2.35 bits per heavy atom. The Morgan fingerprint density at radius 2 is 1.85 bits per heavy atom. The number of anilines is 1. The summed E-state index contributed by atoms with van der Waals surface area (Å²) in [6.07, 6.45) is -0.269. The van der Waals surface area contributed by atoms with E-state index >= 15 is 0 Å². The van der Waals surface area contributed by atoms with Crippen molar-refractivity contribution in [1.29, 1.82) is 0 Å². The average Bonchev–Trinajstić information content (AvgIpc) is 2.36. The predicted molar refractivity (Wildman–Crippen MR) is 68.4 cm³/mol. The van der Waals surface area contributed by atoms with Crippen molar-refractivity contribution in [2.75, 3.05) is 5.32 Å². The maximum atomic E-state index is 12.7. The number of hydrogen-bond donors (Lipinski definition) is 4. The molecule has 0 saturated carbocycles. The summed E-state index contributed by atoms with van der Waals surface area (Å²) in [4.78, 5) is 33.1. The summed E-state index contributed by atoms with van der Waals surface area (Å²) in [7, 11) is 0. The lowest BCUT2D eigenvalue weighted by molar-refractivity contribution is -0.139. The molecule has 5 N–H and O–H groups in total. The summed E-state index contributed by atoms with van der Waals surface area (Å²) in [6, 6.07) is 2.95. The quantitative estimate of drug-likeness (QED) is 0.612. The maximum Gasteiger partial charge on any atom is 0.326 e. The highest BCUT2D eigenvalue weighted by atomic mass is 19.1. The third-order valence-corrected chi connectivity index (χ3v) is 2.38. The molecule has 1 atom stereocenters. The summed E-state index contributed by atoms with van der Waals surface area (Å²) in [5.74, 6) is -2.39. The summed E-state index contributed by atoms with van der Waals surface area (Å²) >= 11 is 0. The molecule has 1 rings (SSSR count). The Morgan fingerprint density at radius 1 is 1.25 bits per heavy atom. The number of aliphatic carboxylic acids is 1. The van der Waals surface area contributed by atoms with Gasteiger partial charge in [0.25, 0.3) is 0 Å². The van der Waals surface area contributed by atoms with E-state index in [1.54, 1.807) is 0 Å². The molecular weight excluding hydrogens is 269 g/mol. The molecule has 1 aromatic rings. The van der Waals surface area contributed by atoms with Crippen molar-refractivity contribution in [3.05, 3.63) is 30.1 Å². The van der Waals surface area contributed by atoms with Crippen LogP contribution in [0.3, 0.4) is 0 Å². The van der Waals surface area contributed by atoms with Crippen LogP contribution in [0.2, 0.25) is 0 Å². The molecule has 0 spiro atoms. The minimum absolute atomic E-state index is 0.110. The van der Waals surface area contributed by atoms with Crippen molar-refractivity contribution in [3.63, 3.8) is 0 Å². The van der Waals surface area contributed by atoms with Crippen molar-refractivity contribution in [1.82, 2.24) is 5.32 Å². The third kappa shape index (κ3) is 5.34. The molecule has 0 aliphatic carbocycles. The molecule has 108 valence electrons. The lowest BCUT2D eigenvalue weighted by atomic mass is 10.1. The molecular formula is C12H14FN3O4. The van der Waals surface area contributed by atoms with Gasteiger partial charge in [0.2, 0.25) is 5.91 Å². The van der Waals surface area contributed by atoms with Gasteiger partial charge in [-0.25, -0.2) is 14.0 Å². The number of carbonyl (C=O) groups is 3. The molecule has 1 unspecified atom stereocenters. The molecule has 7 nitrogen and oxygen atoms in total. The van der Waals surface area contributed by atoms with Crippen LogP contribution in [0.5, 0.6) is 0 Å². The number of nitrogens with one attached hydrogen (secondary N) is 2. The van der Waals surface area contributed by atoms with E-state index in [9.17, 15) is 18.8 Å². The summed E-state index contributed by atoms with van der Waals surface area (Å²) in [6.45, 7) is 0. The van der Waals surface area contributed by atoms with Crippen LogP contribution in [-0.4, -0.2) is 29.1 Å². The lowest BCUT2D eigenvalue weighted by Crippen LogP contribution is -2.43. The SMILES string of the molecule is NC(=O)CCC(NC(=O)Nc1ccc(F)cc1)C(=O)O. The Labute approximate surface area is 114 Å². The van der Waals surface area contributed by atoms with E-state index in [4.69, 9.17) is 10.8 Å². The van der Waals surface area contributed by atoms with Gasteiger partial charge in [-0.15, -0.1) is 0 Å². The highest BCUT2D eigenvalue weighted by molar-refractivity contribution is 5.92. The fraction of sp³-hybridized carbons (Fsp3) is 0.250. The van der Waals surface area contributed by atoms with Gasteiger partial charge in [-0.3, -0.25) is 4.79 Å². The fourth-order valence-corrected chi connectivity index (χ4v) is 1.40. The van der Waals surface area contributed by atoms with Gasteiger partial charge in [-0.05, 0) is 30.7 Å². The van der Waals surface area contributed by atoms with Crippen LogP contribution in [0, 0.1) is 5.82 Å². The molecule has 0 aliphatic rings. The van der Waals surface area contributed by atoms with Gasteiger partial charge in [0.1, 0.15) is 11.9 Å². The Bertz CT molecular complexity index is 504.